The van der Waals surface area contributed by atoms with Gasteiger partial charge in [0.2, 0.25) is 29.1 Å². The zero-order valence-electron chi connectivity index (χ0n) is 22.0. The Kier molecular flexibility index (Phi) is 7.47. The third-order valence-corrected chi connectivity index (χ3v) is 7.11. The third-order valence-electron chi connectivity index (χ3n) is 7.11. The Morgan fingerprint density at radius 2 is 0.625 bits per heavy atom. The van der Waals surface area contributed by atoms with Crippen LogP contribution in [0.3, 0.4) is 0 Å². The van der Waals surface area contributed by atoms with Crippen LogP contribution >= 0.6 is 0 Å². The van der Waals surface area contributed by atoms with Crippen molar-refractivity contribution in [1.82, 2.24) is 0 Å². The van der Waals surface area contributed by atoms with E-state index in [2.05, 4.69) is 4.65 Å². The minimum atomic E-state index is -3.42. The molecule has 0 atom stereocenters. The number of benzene rings is 6. The summed E-state index contributed by atoms with van der Waals surface area (Å²) in [6.45, 7) is 0. The summed E-state index contributed by atoms with van der Waals surface area (Å²) in [5.74, 6) is -49.4. The van der Waals surface area contributed by atoms with Gasteiger partial charge in [0.15, 0.2) is 81.3 Å². The molecule has 0 radical (unpaired) electrons. The molecule has 0 aromatic heterocycles. The van der Waals surface area contributed by atoms with E-state index in [0.29, 0.717) is 0 Å². The lowest BCUT2D eigenvalue weighted by molar-refractivity contribution is 0.331. The summed E-state index contributed by atoms with van der Waals surface area (Å²) in [7, 11) is -3.42. The molecular weight excluding hydrogens is 702 g/mol. The van der Waals surface area contributed by atoms with Crippen LogP contribution in [0.5, 0.6) is 11.5 Å². The molecule has 0 aliphatic rings. The minimum Gasteiger partial charge on any atom is -0.519 e. The molecule has 0 amide bonds. The van der Waals surface area contributed by atoms with Crippen molar-refractivity contribution in [3.63, 3.8) is 0 Å². The monoisotopic (exact) mass is 704 g/mol. The lowest BCUT2D eigenvalue weighted by Gasteiger charge is -2.23. The van der Waals surface area contributed by atoms with E-state index in [4.69, 9.17) is 4.65 Å². The largest absolute Gasteiger partial charge is 0.636 e. The molecule has 0 unspecified atom stereocenters. The van der Waals surface area contributed by atoms with Crippen molar-refractivity contribution >= 4 is 44.9 Å². The van der Waals surface area contributed by atoms with Crippen molar-refractivity contribution in [1.29, 1.82) is 0 Å². The predicted molar refractivity (Wildman–Crippen MR) is 129 cm³/mol. The summed E-state index contributed by atoms with van der Waals surface area (Å²) >= 11 is 0. The van der Waals surface area contributed by atoms with Crippen LogP contribution in [-0.4, -0.2) is 7.12 Å². The van der Waals surface area contributed by atoms with E-state index in [1.54, 1.807) is 0 Å². The SMILES string of the molecule is Fc1ccc(B(Oc2c(F)c(F)c(F)c(F)c2F)Oc2c(F)c(F)c3c(F)c(F)c4c(F)c(F)c(F)c5c(F)c(F)c2c3c45)c(F)c1F. The Balaban J connectivity index is 1.74. The number of hydrogen-bond donors (Lipinski definition) is 0. The summed E-state index contributed by atoms with van der Waals surface area (Å²) in [4.78, 5) is 0. The normalized spacial score (nSPS) is 11.9. The highest BCUT2D eigenvalue weighted by molar-refractivity contribution is 6.63. The van der Waals surface area contributed by atoms with Crippen molar-refractivity contribution in [2.45, 2.75) is 0 Å². The zero-order chi connectivity index (χ0) is 35.4. The maximum atomic E-state index is 15.6. The standard InChI is InChI=1S/C28H2BF17O2/c30-4-2-1-3(11(31)12(4)32)29(48-28-25(45)22(42)21(41)23(43)26(28)46)47-27-10-6-5-7(13(33)14(34)9(6)18(38)24(27)44)16(36)20(40)17(37)8(5)15(35)19(10)39/h1-2H. The number of rotatable bonds is 5. The molecule has 0 N–H and O–H groups in total. The van der Waals surface area contributed by atoms with Crippen LogP contribution in [-0.2, 0) is 0 Å². The second-order valence-corrected chi connectivity index (χ2v) is 9.64. The molecule has 6 rings (SSSR count). The summed E-state index contributed by atoms with van der Waals surface area (Å²) in [5, 5.41) is -11.4. The van der Waals surface area contributed by atoms with Crippen molar-refractivity contribution in [2.24, 2.45) is 0 Å². The van der Waals surface area contributed by atoms with Crippen LogP contribution in [0.25, 0.3) is 32.3 Å². The van der Waals surface area contributed by atoms with Gasteiger partial charge >= 0.3 is 7.12 Å². The predicted octanol–water partition coefficient (Wildman–Crippen LogP) is 8.80. The molecule has 6 aromatic rings. The van der Waals surface area contributed by atoms with Crippen LogP contribution < -0.4 is 14.8 Å². The Labute approximate surface area is 252 Å². The van der Waals surface area contributed by atoms with Gasteiger partial charge in [-0.25, -0.2) is 61.5 Å². The summed E-state index contributed by atoms with van der Waals surface area (Å²) in [6.07, 6.45) is 0. The highest BCUT2D eigenvalue weighted by atomic mass is 19.2. The quantitative estimate of drug-likeness (QED) is 0.0588. The second-order valence-electron chi connectivity index (χ2n) is 9.64. The molecule has 0 saturated heterocycles. The van der Waals surface area contributed by atoms with Crippen LogP contribution in [0.4, 0.5) is 74.6 Å². The molecular formula is C28H2BF17O2. The van der Waals surface area contributed by atoms with E-state index in [9.17, 15) is 52.7 Å². The van der Waals surface area contributed by atoms with Crippen molar-refractivity contribution < 1.29 is 83.9 Å². The molecule has 48 heavy (non-hydrogen) atoms. The summed E-state index contributed by atoms with van der Waals surface area (Å²) in [6, 6.07) is 0.0970. The Morgan fingerprint density at radius 3 is 1.12 bits per heavy atom. The van der Waals surface area contributed by atoms with Crippen LogP contribution in [0.1, 0.15) is 0 Å². The fourth-order valence-electron chi connectivity index (χ4n) is 4.98. The second kappa shape index (κ2) is 10.9. The highest BCUT2D eigenvalue weighted by Crippen LogP contribution is 2.48. The molecule has 0 aliphatic carbocycles. The molecule has 0 aliphatic heterocycles. The fourth-order valence-corrected chi connectivity index (χ4v) is 4.98. The van der Waals surface area contributed by atoms with Gasteiger partial charge in [-0.15, -0.1) is 0 Å². The maximum absolute atomic E-state index is 15.6. The van der Waals surface area contributed by atoms with Crippen LogP contribution in [0.2, 0.25) is 0 Å². The van der Waals surface area contributed by atoms with Crippen molar-refractivity contribution in [3.8, 4) is 11.5 Å². The van der Waals surface area contributed by atoms with Gasteiger partial charge in [0.25, 0.3) is 0 Å². The third kappa shape index (κ3) is 4.23. The highest BCUT2D eigenvalue weighted by Gasteiger charge is 2.41. The van der Waals surface area contributed by atoms with Crippen molar-refractivity contribution in [2.75, 3.05) is 0 Å². The molecule has 6 aromatic carbocycles. The number of hydrogen-bond acceptors (Lipinski definition) is 2. The molecule has 0 saturated carbocycles. The molecule has 20 heteroatoms. The van der Waals surface area contributed by atoms with Gasteiger partial charge in [-0.05, 0) is 6.07 Å². The van der Waals surface area contributed by atoms with E-state index < -0.39 is 155 Å². The van der Waals surface area contributed by atoms with E-state index in [-0.39, 0.29) is 12.1 Å². The number of halogens is 17. The minimum absolute atomic E-state index is 0.0194. The van der Waals surface area contributed by atoms with Gasteiger partial charge in [0.05, 0.1) is 27.0 Å². The van der Waals surface area contributed by atoms with Gasteiger partial charge in [0, 0.05) is 10.8 Å². The first-order valence-electron chi connectivity index (χ1n) is 12.3. The summed E-state index contributed by atoms with van der Waals surface area (Å²) < 4.78 is 257. The Bertz CT molecular complexity index is 2340. The molecule has 0 bridgehead atoms. The molecule has 248 valence electrons. The Morgan fingerprint density at radius 1 is 0.292 bits per heavy atom. The molecule has 0 spiro atoms. The van der Waals surface area contributed by atoms with Crippen LogP contribution in [0, 0.1) is 98.9 Å². The van der Waals surface area contributed by atoms with E-state index in [1.165, 1.54) is 0 Å². The van der Waals surface area contributed by atoms with Gasteiger partial charge < -0.3 is 9.31 Å². The summed E-state index contributed by atoms with van der Waals surface area (Å²) in [5.41, 5.74) is -1.69. The average Bonchev–Trinajstić information content (AvgIpc) is 3.05. The molecule has 0 fully saturated rings. The van der Waals surface area contributed by atoms with Gasteiger partial charge in [-0.1, -0.05) is 6.07 Å². The molecule has 2 nitrogen and oxygen atoms in total. The van der Waals surface area contributed by atoms with Crippen molar-refractivity contribution in [3.05, 3.63) is 111 Å². The van der Waals surface area contributed by atoms with E-state index in [1.807, 2.05) is 0 Å². The van der Waals surface area contributed by atoms with Gasteiger partial charge in [-0.2, -0.15) is 13.2 Å². The Hall–Kier alpha value is -5.17. The lowest BCUT2D eigenvalue weighted by Crippen LogP contribution is -2.46. The smallest absolute Gasteiger partial charge is 0.519 e. The first-order chi connectivity index (χ1) is 22.4. The van der Waals surface area contributed by atoms with Crippen LogP contribution in [0.15, 0.2) is 12.1 Å². The van der Waals surface area contributed by atoms with Gasteiger partial charge in [-0.3, -0.25) is 0 Å². The van der Waals surface area contributed by atoms with E-state index in [0.717, 1.165) is 0 Å². The topological polar surface area (TPSA) is 18.5 Å². The molecule has 0 heterocycles. The average molecular weight is 704 g/mol. The van der Waals surface area contributed by atoms with E-state index >= 15 is 22.0 Å². The maximum Gasteiger partial charge on any atom is 0.636 e. The van der Waals surface area contributed by atoms with Gasteiger partial charge in [0.1, 0.15) is 0 Å². The fraction of sp³-hybridized carbons (Fsp3) is 0. The zero-order valence-corrected chi connectivity index (χ0v) is 22.0. The lowest BCUT2D eigenvalue weighted by atomic mass is 9.77. The first-order valence-corrected chi connectivity index (χ1v) is 12.3. The first kappa shape index (κ1) is 32.8.